The number of hydrogen-bond acceptors (Lipinski definition) is 4. The van der Waals surface area contributed by atoms with Crippen molar-refractivity contribution in [2.24, 2.45) is 10.9 Å². The number of benzene rings is 1. The molecule has 0 spiro atoms. The normalized spacial score (nSPS) is 17.8. The van der Waals surface area contributed by atoms with Gasteiger partial charge in [0.15, 0.2) is 0 Å². The first-order chi connectivity index (χ1) is 11.5. The van der Waals surface area contributed by atoms with Gasteiger partial charge in [-0.15, -0.1) is 11.3 Å². The van der Waals surface area contributed by atoms with Crippen LogP contribution in [0.2, 0.25) is 0 Å². The van der Waals surface area contributed by atoms with Gasteiger partial charge < -0.3 is 0 Å². The van der Waals surface area contributed by atoms with Crippen LogP contribution in [0.5, 0.6) is 0 Å². The summed E-state index contributed by atoms with van der Waals surface area (Å²) in [6.45, 7) is 3.57. The minimum atomic E-state index is -0.811. The van der Waals surface area contributed by atoms with E-state index in [1.54, 1.807) is 41.9 Å². The summed E-state index contributed by atoms with van der Waals surface area (Å²) in [6, 6.07) is 10.7. The SMILES string of the molecule is CC1=CC(C#N)C(=O)N1n1c(C)csc1=NC(=O)c1ccccc1. The zero-order chi connectivity index (χ0) is 17.3. The van der Waals surface area contributed by atoms with Crippen LogP contribution in [0.1, 0.15) is 23.0 Å². The highest BCUT2D eigenvalue weighted by Gasteiger charge is 2.33. The Labute approximate surface area is 142 Å². The Kier molecular flexibility index (Phi) is 4.15. The number of aryl methyl sites for hydroxylation is 1. The van der Waals surface area contributed by atoms with Crippen molar-refractivity contribution in [3.05, 3.63) is 63.5 Å². The second-order valence-electron chi connectivity index (χ2n) is 5.32. The van der Waals surface area contributed by atoms with E-state index in [-0.39, 0.29) is 11.8 Å². The van der Waals surface area contributed by atoms with Gasteiger partial charge in [-0.1, -0.05) is 18.2 Å². The smallest absolute Gasteiger partial charge is 0.271 e. The number of amides is 2. The lowest BCUT2D eigenvalue weighted by Gasteiger charge is -2.21. The van der Waals surface area contributed by atoms with Crippen LogP contribution in [-0.4, -0.2) is 16.5 Å². The molecule has 0 fully saturated rings. The van der Waals surface area contributed by atoms with Crippen molar-refractivity contribution in [1.82, 2.24) is 4.68 Å². The zero-order valence-electron chi connectivity index (χ0n) is 13.1. The molecule has 0 saturated carbocycles. The number of hydrogen-bond donors (Lipinski definition) is 0. The fourth-order valence-electron chi connectivity index (χ4n) is 2.48. The molecule has 3 rings (SSSR count). The Morgan fingerprint density at radius 2 is 2.00 bits per heavy atom. The molecule has 0 bridgehead atoms. The first-order valence-corrected chi connectivity index (χ1v) is 8.14. The second kappa shape index (κ2) is 6.26. The highest BCUT2D eigenvalue weighted by atomic mass is 32.1. The largest absolute Gasteiger partial charge is 0.279 e. The first-order valence-electron chi connectivity index (χ1n) is 7.26. The van der Waals surface area contributed by atoms with Gasteiger partial charge in [0.25, 0.3) is 11.8 Å². The molecule has 0 radical (unpaired) electrons. The van der Waals surface area contributed by atoms with E-state index in [0.717, 1.165) is 5.69 Å². The van der Waals surface area contributed by atoms with Gasteiger partial charge in [-0.25, -0.2) is 9.69 Å². The van der Waals surface area contributed by atoms with Gasteiger partial charge in [-0.3, -0.25) is 9.59 Å². The predicted molar refractivity (Wildman–Crippen MR) is 89.5 cm³/mol. The molecule has 1 atom stereocenters. The monoisotopic (exact) mass is 338 g/mol. The standard InChI is InChI=1S/C17H14N4O2S/c1-11-8-14(9-18)16(23)20(11)21-12(2)10-24-17(21)19-15(22)13-6-4-3-5-7-13/h3-8,10,14H,1-2H3. The average molecular weight is 338 g/mol. The molecule has 1 aromatic heterocycles. The van der Waals surface area contributed by atoms with Crippen LogP contribution in [0.3, 0.4) is 0 Å². The molecule has 0 aliphatic carbocycles. The van der Waals surface area contributed by atoms with Gasteiger partial charge in [-0.05, 0) is 32.1 Å². The Hall–Kier alpha value is -2.98. The van der Waals surface area contributed by atoms with Gasteiger partial charge in [0, 0.05) is 16.6 Å². The van der Waals surface area contributed by atoms with Crippen LogP contribution < -0.4 is 9.81 Å². The number of carbonyl (C=O) groups is 2. The molecule has 2 amide bonds. The van der Waals surface area contributed by atoms with Crippen LogP contribution in [0.4, 0.5) is 0 Å². The van der Waals surface area contributed by atoms with E-state index in [1.165, 1.54) is 16.3 Å². The average Bonchev–Trinajstić information content (AvgIpc) is 3.07. The van der Waals surface area contributed by atoms with E-state index in [4.69, 9.17) is 5.26 Å². The van der Waals surface area contributed by atoms with E-state index < -0.39 is 5.92 Å². The van der Waals surface area contributed by atoms with Crippen molar-refractivity contribution >= 4 is 23.2 Å². The Morgan fingerprint density at radius 3 is 2.62 bits per heavy atom. The highest BCUT2D eigenvalue weighted by Crippen LogP contribution is 2.20. The van der Waals surface area contributed by atoms with Crippen molar-refractivity contribution in [1.29, 1.82) is 5.26 Å². The fourth-order valence-corrected chi connectivity index (χ4v) is 3.31. The maximum Gasteiger partial charge on any atom is 0.279 e. The molecule has 2 heterocycles. The van der Waals surface area contributed by atoms with Crippen LogP contribution in [-0.2, 0) is 4.79 Å². The number of nitrogens with zero attached hydrogens (tertiary/aromatic N) is 4. The quantitative estimate of drug-likeness (QED) is 0.841. The van der Waals surface area contributed by atoms with Crippen LogP contribution in [0.25, 0.3) is 0 Å². The summed E-state index contributed by atoms with van der Waals surface area (Å²) in [5.41, 5.74) is 1.88. The third-order valence-electron chi connectivity index (χ3n) is 3.62. The maximum atomic E-state index is 12.4. The van der Waals surface area contributed by atoms with Crippen molar-refractivity contribution in [3.63, 3.8) is 0 Å². The molecule has 0 saturated heterocycles. The van der Waals surface area contributed by atoms with Crippen LogP contribution in [0, 0.1) is 24.2 Å². The second-order valence-corrected chi connectivity index (χ2v) is 6.16. The highest BCUT2D eigenvalue weighted by molar-refractivity contribution is 7.07. The molecular weight excluding hydrogens is 324 g/mol. The Balaban J connectivity index is 2.07. The van der Waals surface area contributed by atoms with E-state index in [2.05, 4.69) is 4.99 Å². The summed E-state index contributed by atoms with van der Waals surface area (Å²) in [6.07, 6.45) is 1.61. The number of rotatable bonds is 2. The van der Waals surface area contributed by atoms with E-state index >= 15 is 0 Å². The lowest BCUT2D eigenvalue weighted by atomic mass is 10.2. The minimum absolute atomic E-state index is 0.342. The Bertz CT molecular complexity index is 947. The molecule has 1 aliphatic rings. The third kappa shape index (κ3) is 2.68. The molecule has 2 aromatic rings. The summed E-state index contributed by atoms with van der Waals surface area (Å²) in [5, 5.41) is 12.3. The van der Waals surface area contributed by atoms with Gasteiger partial charge in [0.2, 0.25) is 4.80 Å². The van der Waals surface area contributed by atoms with Crippen molar-refractivity contribution in [2.75, 3.05) is 5.01 Å². The maximum absolute atomic E-state index is 12.4. The van der Waals surface area contributed by atoms with Gasteiger partial charge in [0.05, 0.1) is 11.8 Å². The van der Waals surface area contributed by atoms with Crippen molar-refractivity contribution < 1.29 is 9.59 Å². The lowest BCUT2D eigenvalue weighted by molar-refractivity contribution is -0.120. The number of allylic oxidation sites excluding steroid dienone is 1. The van der Waals surface area contributed by atoms with Crippen LogP contribution in [0.15, 0.2) is 52.5 Å². The summed E-state index contributed by atoms with van der Waals surface area (Å²) in [5.74, 6) is -1.53. The van der Waals surface area contributed by atoms with E-state index in [0.29, 0.717) is 16.1 Å². The topological polar surface area (TPSA) is 78.5 Å². The molecule has 120 valence electrons. The van der Waals surface area contributed by atoms with Crippen LogP contribution >= 0.6 is 11.3 Å². The molecule has 0 N–H and O–H groups in total. The molecule has 6 nitrogen and oxygen atoms in total. The number of carbonyl (C=O) groups excluding carboxylic acids is 2. The van der Waals surface area contributed by atoms with E-state index in [1.807, 2.05) is 24.4 Å². The molecule has 7 heteroatoms. The van der Waals surface area contributed by atoms with Gasteiger partial charge in [0.1, 0.15) is 5.92 Å². The zero-order valence-corrected chi connectivity index (χ0v) is 13.9. The van der Waals surface area contributed by atoms with Crippen molar-refractivity contribution in [2.45, 2.75) is 13.8 Å². The summed E-state index contributed by atoms with van der Waals surface area (Å²) in [4.78, 5) is 29.3. The molecule has 1 aliphatic heterocycles. The van der Waals surface area contributed by atoms with Gasteiger partial charge in [-0.2, -0.15) is 10.3 Å². The lowest BCUT2D eigenvalue weighted by Crippen LogP contribution is -2.43. The van der Waals surface area contributed by atoms with E-state index in [9.17, 15) is 9.59 Å². The molecule has 1 unspecified atom stereocenters. The number of thiazole rings is 1. The molecular formula is C17H14N4O2S. The number of nitriles is 1. The van der Waals surface area contributed by atoms with Gasteiger partial charge >= 0.3 is 0 Å². The summed E-state index contributed by atoms with van der Waals surface area (Å²) in [7, 11) is 0. The summed E-state index contributed by atoms with van der Waals surface area (Å²) < 4.78 is 1.58. The van der Waals surface area contributed by atoms with Crippen molar-refractivity contribution in [3.8, 4) is 6.07 Å². The molecule has 24 heavy (non-hydrogen) atoms. The summed E-state index contributed by atoms with van der Waals surface area (Å²) >= 11 is 1.27. The Morgan fingerprint density at radius 1 is 1.29 bits per heavy atom. The third-order valence-corrected chi connectivity index (χ3v) is 4.56. The fraction of sp³-hybridized carbons (Fsp3) is 0.176. The number of aromatic nitrogens is 1. The minimum Gasteiger partial charge on any atom is -0.271 e. The molecule has 1 aromatic carbocycles. The predicted octanol–water partition coefficient (Wildman–Crippen LogP) is 2.12. The first kappa shape index (κ1) is 15.9.